The normalized spacial score (nSPS) is 14.3. The molecule has 0 atom stereocenters. The minimum Gasteiger partial charge on any atom is -0.487 e. The third-order valence-electron chi connectivity index (χ3n) is 4.45. The molecule has 2 aromatic carbocycles. The van der Waals surface area contributed by atoms with Gasteiger partial charge in [-0.2, -0.15) is 0 Å². The molecule has 0 fully saturated rings. The lowest BCUT2D eigenvalue weighted by Crippen LogP contribution is -2.22. The molecule has 1 aliphatic heterocycles. The monoisotopic (exact) mass is 386 g/mol. The van der Waals surface area contributed by atoms with Gasteiger partial charge in [-0.3, -0.25) is 0 Å². The van der Waals surface area contributed by atoms with Gasteiger partial charge < -0.3 is 14.6 Å². The molecule has 0 amide bonds. The number of benzene rings is 2. The lowest BCUT2D eigenvalue weighted by atomic mass is 10.1. The number of aromatic nitrogens is 1. The van der Waals surface area contributed by atoms with Gasteiger partial charge in [0.15, 0.2) is 0 Å². The summed E-state index contributed by atoms with van der Waals surface area (Å²) >= 11 is 6.36. The molecule has 1 N–H and O–H groups in total. The Morgan fingerprint density at radius 2 is 2.00 bits per heavy atom. The van der Waals surface area contributed by atoms with Crippen molar-refractivity contribution in [3.63, 3.8) is 0 Å². The first kappa shape index (κ1) is 17.6. The van der Waals surface area contributed by atoms with Crippen LogP contribution in [0.1, 0.15) is 11.1 Å². The first-order valence-electron chi connectivity index (χ1n) is 8.52. The Labute approximate surface area is 160 Å². The van der Waals surface area contributed by atoms with Crippen molar-refractivity contribution in [1.29, 1.82) is 0 Å². The van der Waals surface area contributed by atoms with Gasteiger partial charge in [-0.15, -0.1) is 0 Å². The molecule has 3 aromatic rings. The number of halogens is 3. The van der Waals surface area contributed by atoms with Crippen LogP contribution in [-0.2, 0) is 17.9 Å². The van der Waals surface area contributed by atoms with Crippen molar-refractivity contribution in [1.82, 2.24) is 9.88 Å². The number of rotatable bonds is 5. The van der Waals surface area contributed by atoms with Crippen LogP contribution in [-0.4, -0.2) is 16.4 Å². The van der Waals surface area contributed by atoms with Crippen molar-refractivity contribution in [2.45, 2.75) is 13.2 Å². The van der Waals surface area contributed by atoms with E-state index in [4.69, 9.17) is 16.3 Å². The second-order valence-electron chi connectivity index (χ2n) is 6.41. The van der Waals surface area contributed by atoms with E-state index in [1.807, 2.05) is 18.5 Å². The number of fused-ring (bicyclic) bond motifs is 1. The molecule has 27 heavy (non-hydrogen) atoms. The molecule has 0 saturated carbocycles. The van der Waals surface area contributed by atoms with Gasteiger partial charge in [0.25, 0.3) is 0 Å². The zero-order chi connectivity index (χ0) is 18.8. The number of aromatic amines is 1. The van der Waals surface area contributed by atoms with Gasteiger partial charge in [0.2, 0.25) is 0 Å². The molecule has 0 unspecified atom stereocenters. The van der Waals surface area contributed by atoms with E-state index in [-0.39, 0.29) is 12.2 Å². The van der Waals surface area contributed by atoms with E-state index in [0.29, 0.717) is 23.9 Å². The third kappa shape index (κ3) is 3.98. The Balaban J connectivity index is 1.39. The first-order chi connectivity index (χ1) is 13.1. The summed E-state index contributed by atoms with van der Waals surface area (Å²) in [4.78, 5) is 5.25. The van der Waals surface area contributed by atoms with Crippen molar-refractivity contribution in [3.8, 4) is 0 Å². The number of nitrogens with zero attached hydrogens (tertiary/aromatic N) is 1. The molecule has 1 aromatic heterocycles. The van der Waals surface area contributed by atoms with Gasteiger partial charge in [0.05, 0.1) is 11.6 Å². The molecule has 4 rings (SSSR count). The highest BCUT2D eigenvalue weighted by atomic mass is 35.5. The van der Waals surface area contributed by atoms with Crippen LogP contribution in [0.2, 0.25) is 0 Å². The maximum Gasteiger partial charge on any atom is 0.137 e. The van der Waals surface area contributed by atoms with Gasteiger partial charge >= 0.3 is 0 Å². The van der Waals surface area contributed by atoms with Crippen molar-refractivity contribution in [3.05, 3.63) is 94.5 Å². The molecule has 2 heterocycles. The summed E-state index contributed by atoms with van der Waals surface area (Å²) in [6, 6.07) is 11.7. The van der Waals surface area contributed by atoms with Crippen LogP contribution in [0.15, 0.2) is 71.7 Å². The maximum atomic E-state index is 13.7. The van der Waals surface area contributed by atoms with Crippen LogP contribution >= 0.6 is 11.6 Å². The maximum absolute atomic E-state index is 13.7. The summed E-state index contributed by atoms with van der Waals surface area (Å²) < 4.78 is 32.3. The van der Waals surface area contributed by atoms with E-state index >= 15 is 0 Å². The lowest BCUT2D eigenvalue weighted by molar-refractivity contribution is 0.199. The van der Waals surface area contributed by atoms with E-state index in [1.54, 1.807) is 6.08 Å². The van der Waals surface area contributed by atoms with Crippen molar-refractivity contribution in [2.75, 3.05) is 6.54 Å². The molecule has 0 spiro atoms. The quantitative estimate of drug-likeness (QED) is 0.632. The van der Waals surface area contributed by atoms with Crippen molar-refractivity contribution in [2.24, 2.45) is 0 Å². The predicted octanol–water partition coefficient (Wildman–Crippen LogP) is 5.44. The molecule has 1 aliphatic rings. The van der Waals surface area contributed by atoms with Crippen LogP contribution in [0.4, 0.5) is 8.78 Å². The molecule has 0 aliphatic carbocycles. The van der Waals surface area contributed by atoms with E-state index < -0.39 is 11.6 Å². The molecule has 0 saturated heterocycles. The molecule has 0 bridgehead atoms. The fourth-order valence-electron chi connectivity index (χ4n) is 3.04. The highest BCUT2D eigenvalue weighted by Gasteiger charge is 2.15. The van der Waals surface area contributed by atoms with E-state index in [1.165, 1.54) is 23.1 Å². The summed E-state index contributed by atoms with van der Waals surface area (Å²) in [6.45, 7) is 1.21. The summed E-state index contributed by atoms with van der Waals surface area (Å²) in [5.41, 5.74) is 2.56. The highest BCUT2D eigenvalue weighted by molar-refractivity contribution is 6.30. The smallest absolute Gasteiger partial charge is 0.137 e. The van der Waals surface area contributed by atoms with E-state index in [9.17, 15) is 8.78 Å². The summed E-state index contributed by atoms with van der Waals surface area (Å²) in [6.07, 6.45) is 5.59. The van der Waals surface area contributed by atoms with Crippen LogP contribution < -0.4 is 0 Å². The molecule has 0 radical (unpaired) electrons. The topological polar surface area (TPSA) is 28.3 Å². The Kier molecular flexibility index (Phi) is 4.86. The zero-order valence-corrected chi connectivity index (χ0v) is 15.1. The van der Waals surface area contributed by atoms with Gasteiger partial charge in [-0.05, 0) is 47.4 Å². The number of ether oxygens (including phenoxy) is 1. The number of allylic oxidation sites excluding steroid dienone is 1. The molecular weight excluding hydrogens is 370 g/mol. The van der Waals surface area contributed by atoms with Gasteiger partial charge in [0, 0.05) is 36.1 Å². The highest BCUT2D eigenvalue weighted by Crippen LogP contribution is 2.24. The minimum absolute atomic E-state index is 0.00777. The van der Waals surface area contributed by atoms with Crippen LogP contribution in [0.3, 0.4) is 0 Å². The first-order valence-corrected chi connectivity index (χ1v) is 8.90. The predicted molar refractivity (Wildman–Crippen MR) is 102 cm³/mol. The van der Waals surface area contributed by atoms with E-state index in [0.717, 1.165) is 11.6 Å². The molecule has 138 valence electrons. The average Bonchev–Trinajstić information content (AvgIpc) is 3.10. The Morgan fingerprint density at radius 3 is 2.81 bits per heavy atom. The largest absolute Gasteiger partial charge is 0.487 e. The van der Waals surface area contributed by atoms with Gasteiger partial charge in [-0.25, -0.2) is 8.78 Å². The summed E-state index contributed by atoms with van der Waals surface area (Å²) in [5, 5.41) is 1.71. The average molecular weight is 387 g/mol. The SMILES string of the molecule is Fc1ccc(COC2=C(Cl)CN(Cc3ccc4[nH]ccc4c3)C=C2)c(F)c1. The second kappa shape index (κ2) is 7.45. The zero-order valence-electron chi connectivity index (χ0n) is 14.4. The minimum atomic E-state index is -0.631. The Bertz CT molecular complexity index is 1040. The van der Waals surface area contributed by atoms with Crippen molar-refractivity contribution < 1.29 is 13.5 Å². The Hall–Kier alpha value is -2.79. The van der Waals surface area contributed by atoms with Crippen LogP contribution in [0, 0.1) is 11.6 Å². The Morgan fingerprint density at radius 1 is 1.11 bits per heavy atom. The van der Waals surface area contributed by atoms with Gasteiger partial charge in [0.1, 0.15) is 24.0 Å². The molecule has 3 nitrogen and oxygen atoms in total. The summed E-state index contributed by atoms with van der Waals surface area (Å²) in [7, 11) is 0. The summed E-state index contributed by atoms with van der Waals surface area (Å²) in [5.74, 6) is -0.745. The number of hydrogen-bond acceptors (Lipinski definition) is 2. The number of hydrogen-bond donors (Lipinski definition) is 1. The van der Waals surface area contributed by atoms with Crippen molar-refractivity contribution >= 4 is 22.5 Å². The van der Waals surface area contributed by atoms with E-state index in [2.05, 4.69) is 28.1 Å². The number of nitrogens with one attached hydrogen (secondary N) is 1. The fraction of sp³-hybridized carbons (Fsp3) is 0.143. The molecule has 6 heteroatoms. The lowest BCUT2D eigenvalue weighted by Gasteiger charge is -2.25. The van der Waals surface area contributed by atoms with Gasteiger partial charge in [-0.1, -0.05) is 17.7 Å². The standard InChI is InChI=1S/C21H17ClF2N2O/c22-18-12-26(11-14-1-4-20-15(9-14)5-7-25-20)8-6-21(18)27-13-16-2-3-17(23)10-19(16)24/h1-10,25H,11-13H2. The van der Waals surface area contributed by atoms with Crippen LogP contribution in [0.5, 0.6) is 0 Å². The number of H-pyrrole nitrogens is 1. The molecular formula is C21H17ClF2N2O. The fourth-order valence-corrected chi connectivity index (χ4v) is 3.31. The third-order valence-corrected chi connectivity index (χ3v) is 4.75. The second-order valence-corrected chi connectivity index (χ2v) is 6.87. The van der Waals surface area contributed by atoms with Crippen LogP contribution in [0.25, 0.3) is 10.9 Å².